The number of carboxylic acid groups (broad SMARTS) is 1. The van der Waals surface area contributed by atoms with Crippen molar-refractivity contribution in [3.05, 3.63) is 28.8 Å². The second kappa shape index (κ2) is 7.75. The maximum Gasteiger partial charge on any atom is 0.319 e. The SMILES string of the molecule is CCC(CNC(=O)Nc1c(C)cccc1Cl)CC(=O)O. The van der Waals surface area contributed by atoms with E-state index in [0.717, 1.165) is 5.56 Å². The Morgan fingerprint density at radius 3 is 2.65 bits per heavy atom. The first-order chi connectivity index (χ1) is 9.43. The summed E-state index contributed by atoms with van der Waals surface area (Å²) >= 11 is 6.01. The van der Waals surface area contributed by atoms with E-state index in [1.807, 2.05) is 19.9 Å². The molecule has 0 aliphatic rings. The summed E-state index contributed by atoms with van der Waals surface area (Å²) in [5.74, 6) is -0.938. The van der Waals surface area contributed by atoms with Gasteiger partial charge in [0.25, 0.3) is 0 Å². The number of urea groups is 1. The van der Waals surface area contributed by atoms with Gasteiger partial charge in [-0.2, -0.15) is 0 Å². The molecule has 3 N–H and O–H groups in total. The number of hydrogen-bond acceptors (Lipinski definition) is 2. The van der Waals surface area contributed by atoms with Crippen LogP contribution in [0.15, 0.2) is 18.2 Å². The molecular weight excluding hydrogens is 280 g/mol. The minimum Gasteiger partial charge on any atom is -0.481 e. The first kappa shape index (κ1) is 16.3. The summed E-state index contributed by atoms with van der Waals surface area (Å²) in [7, 11) is 0. The molecule has 1 aromatic rings. The molecule has 6 heteroatoms. The normalized spacial score (nSPS) is 11.8. The summed E-state index contributed by atoms with van der Waals surface area (Å²) in [5, 5.41) is 14.6. The van der Waals surface area contributed by atoms with E-state index in [-0.39, 0.29) is 18.4 Å². The van der Waals surface area contributed by atoms with Gasteiger partial charge < -0.3 is 15.7 Å². The van der Waals surface area contributed by atoms with Crippen LogP contribution in [-0.2, 0) is 4.79 Å². The van der Waals surface area contributed by atoms with Gasteiger partial charge in [0.1, 0.15) is 0 Å². The number of anilines is 1. The largest absolute Gasteiger partial charge is 0.481 e. The van der Waals surface area contributed by atoms with Crippen LogP contribution in [0.1, 0.15) is 25.3 Å². The molecule has 0 aliphatic heterocycles. The van der Waals surface area contributed by atoms with Crippen LogP contribution in [0.5, 0.6) is 0 Å². The molecule has 0 radical (unpaired) electrons. The number of nitrogens with one attached hydrogen (secondary N) is 2. The highest BCUT2D eigenvalue weighted by atomic mass is 35.5. The fourth-order valence-corrected chi connectivity index (χ4v) is 2.06. The number of carbonyl (C=O) groups is 2. The molecule has 110 valence electrons. The molecule has 0 spiro atoms. The van der Waals surface area contributed by atoms with Crippen molar-refractivity contribution in [1.82, 2.24) is 5.32 Å². The summed E-state index contributed by atoms with van der Waals surface area (Å²) < 4.78 is 0. The average molecular weight is 299 g/mol. The molecular formula is C14H19ClN2O3. The molecule has 0 bridgehead atoms. The van der Waals surface area contributed by atoms with E-state index in [1.165, 1.54) is 0 Å². The standard InChI is InChI=1S/C14H19ClN2O3/c1-3-10(7-12(18)19)8-16-14(20)17-13-9(2)5-4-6-11(13)15/h4-6,10H,3,7-8H2,1-2H3,(H,18,19)(H2,16,17,20). The number of aryl methyl sites for hydroxylation is 1. The molecule has 0 saturated carbocycles. The van der Waals surface area contributed by atoms with E-state index in [4.69, 9.17) is 16.7 Å². The van der Waals surface area contributed by atoms with Crippen molar-refractivity contribution in [3.8, 4) is 0 Å². The number of benzene rings is 1. The summed E-state index contributed by atoms with van der Waals surface area (Å²) in [6, 6.07) is 4.97. The van der Waals surface area contributed by atoms with Crippen molar-refractivity contribution < 1.29 is 14.7 Å². The van der Waals surface area contributed by atoms with Gasteiger partial charge >= 0.3 is 12.0 Å². The summed E-state index contributed by atoms with van der Waals surface area (Å²) in [4.78, 5) is 22.4. The molecule has 0 aliphatic carbocycles. The highest BCUT2D eigenvalue weighted by Gasteiger charge is 2.13. The highest BCUT2D eigenvalue weighted by Crippen LogP contribution is 2.24. The van der Waals surface area contributed by atoms with Crippen LogP contribution in [0, 0.1) is 12.8 Å². The Morgan fingerprint density at radius 1 is 1.40 bits per heavy atom. The van der Waals surface area contributed by atoms with Gasteiger partial charge in [-0.15, -0.1) is 0 Å². The van der Waals surface area contributed by atoms with E-state index in [9.17, 15) is 9.59 Å². The van der Waals surface area contributed by atoms with Crippen LogP contribution in [0.4, 0.5) is 10.5 Å². The van der Waals surface area contributed by atoms with Gasteiger partial charge in [-0.25, -0.2) is 4.79 Å². The molecule has 0 aromatic heterocycles. The van der Waals surface area contributed by atoms with E-state index < -0.39 is 5.97 Å². The minimum absolute atomic E-state index is 0.0436. The van der Waals surface area contributed by atoms with Crippen molar-refractivity contribution in [2.45, 2.75) is 26.7 Å². The number of amides is 2. The third-order valence-electron chi connectivity index (χ3n) is 3.05. The molecule has 1 rings (SSSR count). The van der Waals surface area contributed by atoms with Crippen LogP contribution in [0.25, 0.3) is 0 Å². The number of halogens is 1. The van der Waals surface area contributed by atoms with E-state index in [0.29, 0.717) is 23.7 Å². The minimum atomic E-state index is -0.860. The van der Waals surface area contributed by atoms with Gasteiger partial charge in [-0.1, -0.05) is 37.1 Å². The van der Waals surface area contributed by atoms with E-state index >= 15 is 0 Å². The first-order valence-electron chi connectivity index (χ1n) is 6.45. The molecule has 0 fully saturated rings. The first-order valence-corrected chi connectivity index (χ1v) is 6.83. The third kappa shape index (κ3) is 5.09. The quantitative estimate of drug-likeness (QED) is 0.754. The fourth-order valence-electron chi connectivity index (χ4n) is 1.79. The lowest BCUT2D eigenvalue weighted by atomic mass is 10.0. The van der Waals surface area contributed by atoms with Gasteiger partial charge in [0, 0.05) is 13.0 Å². The van der Waals surface area contributed by atoms with Gasteiger partial charge in [0.2, 0.25) is 0 Å². The molecule has 0 heterocycles. The molecule has 1 unspecified atom stereocenters. The number of aliphatic carboxylic acids is 1. The van der Waals surface area contributed by atoms with Crippen LogP contribution in [0.2, 0.25) is 5.02 Å². The Hall–Kier alpha value is -1.75. The molecule has 0 saturated heterocycles. The smallest absolute Gasteiger partial charge is 0.319 e. The number of rotatable bonds is 6. The molecule has 5 nitrogen and oxygen atoms in total. The van der Waals surface area contributed by atoms with Gasteiger partial charge in [-0.3, -0.25) is 4.79 Å². The predicted octanol–water partition coefficient (Wildman–Crippen LogP) is 3.27. The number of carboxylic acids is 1. The van der Waals surface area contributed by atoms with Crippen LogP contribution in [-0.4, -0.2) is 23.7 Å². The zero-order valence-corrected chi connectivity index (χ0v) is 12.3. The van der Waals surface area contributed by atoms with Crippen molar-refractivity contribution in [1.29, 1.82) is 0 Å². The number of hydrogen-bond donors (Lipinski definition) is 3. The van der Waals surface area contributed by atoms with E-state index in [2.05, 4.69) is 10.6 Å². The van der Waals surface area contributed by atoms with Crippen LogP contribution >= 0.6 is 11.6 Å². The Bertz CT molecular complexity index is 471. The summed E-state index contributed by atoms with van der Waals surface area (Å²) in [6.45, 7) is 4.06. The summed E-state index contributed by atoms with van der Waals surface area (Å²) in [5.41, 5.74) is 1.43. The molecule has 2 amide bonds. The lowest BCUT2D eigenvalue weighted by Gasteiger charge is -2.15. The third-order valence-corrected chi connectivity index (χ3v) is 3.37. The zero-order chi connectivity index (χ0) is 15.1. The average Bonchev–Trinajstić information content (AvgIpc) is 2.38. The van der Waals surface area contributed by atoms with Crippen molar-refractivity contribution in [3.63, 3.8) is 0 Å². The highest BCUT2D eigenvalue weighted by molar-refractivity contribution is 6.33. The zero-order valence-electron chi connectivity index (χ0n) is 11.6. The Balaban J connectivity index is 2.53. The second-order valence-corrected chi connectivity index (χ2v) is 5.05. The lowest BCUT2D eigenvalue weighted by Crippen LogP contribution is -2.33. The molecule has 20 heavy (non-hydrogen) atoms. The fraction of sp³-hybridized carbons (Fsp3) is 0.429. The van der Waals surface area contributed by atoms with Crippen molar-refractivity contribution in [2.24, 2.45) is 5.92 Å². The van der Waals surface area contributed by atoms with Crippen molar-refractivity contribution >= 4 is 29.3 Å². The lowest BCUT2D eigenvalue weighted by molar-refractivity contribution is -0.138. The predicted molar refractivity (Wildman–Crippen MR) is 79.2 cm³/mol. The molecule has 1 aromatic carbocycles. The Kier molecular flexibility index (Phi) is 6.31. The van der Waals surface area contributed by atoms with Crippen LogP contribution < -0.4 is 10.6 Å². The summed E-state index contributed by atoms with van der Waals surface area (Å²) in [6.07, 6.45) is 0.736. The topological polar surface area (TPSA) is 78.4 Å². The Labute approximate surface area is 123 Å². The molecule has 1 atom stereocenters. The van der Waals surface area contributed by atoms with Crippen LogP contribution in [0.3, 0.4) is 0 Å². The maximum absolute atomic E-state index is 11.8. The van der Waals surface area contributed by atoms with Gasteiger partial charge in [0.15, 0.2) is 0 Å². The van der Waals surface area contributed by atoms with Gasteiger partial charge in [-0.05, 0) is 24.5 Å². The van der Waals surface area contributed by atoms with Crippen molar-refractivity contribution in [2.75, 3.05) is 11.9 Å². The monoisotopic (exact) mass is 298 g/mol. The van der Waals surface area contributed by atoms with E-state index in [1.54, 1.807) is 12.1 Å². The number of carbonyl (C=O) groups excluding carboxylic acids is 1. The van der Waals surface area contributed by atoms with Gasteiger partial charge in [0.05, 0.1) is 10.7 Å². The Morgan fingerprint density at radius 2 is 2.10 bits per heavy atom. The maximum atomic E-state index is 11.8. The second-order valence-electron chi connectivity index (χ2n) is 4.64. The number of para-hydroxylation sites is 1.